The lowest BCUT2D eigenvalue weighted by molar-refractivity contribution is -0.177. The first-order valence-electron chi connectivity index (χ1n) is 7.45. The molecule has 1 saturated heterocycles. The van der Waals surface area contributed by atoms with Crippen molar-refractivity contribution in [1.29, 1.82) is 0 Å². The van der Waals surface area contributed by atoms with Crippen molar-refractivity contribution in [3.05, 3.63) is 0 Å². The van der Waals surface area contributed by atoms with Gasteiger partial charge in [-0.05, 0) is 24.7 Å². The molecule has 2 fully saturated rings. The SMILES string of the molecule is CCC1CCC(N2CCNCC(C(F)(F)F)C2)C1C. The van der Waals surface area contributed by atoms with Gasteiger partial charge in [-0.15, -0.1) is 0 Å². The normalized spacial score (nSPS) is 38.4. The Labute approximate surface area is 113 Å². The molecule has 1 N–H and O–H groups in total. The average Bonchev–Trinajstić information content (AvgIpc) is 2.57. The molecule has 0 aromatic carbocycles. The van der Waals surface area contributed by atoms with E-state index in [1.165, 1.54) is 6.42 Å². The fraction of sp³-hybridized carbons (Fsp3) is 1.00. The molecule has 112 valence electrons. The topological polar surface area (TPSA) is 15.3 Å². The van der Waals surface area contributed by atoms with Crippen LogP contribution in [-0.4, -0.2) is 43.3 Å². The third kappa shape index (κ3) is 3.43. The van der Waals surface area contributed by atoms with Gasteiger partial charge in [-0.1, -0.05) is 20.3 Å². The second-order valence-corrected chi connectivity index (χ2v) is 6.11. The van der Waals surface area contributed by atoms with Crippen molar-refractivity contribution in [3.8, 4) is 0 Å². The maximum absolute atomic E-state index is 13.0. The Bertz CT molecular complexity index is 293. The van der Waals surface area contributed by atoms with E-state index in [9.17, 15) is 13.2 Å². The lowest BCUT2D eigenvalue weighted by Gasteiger charge is -2.34. The highest BCUT2D eigenvalue weighted by Gasteiger charge is 2.44. The Morgan fingerprint density at radius 3 is 2.58 bits per heavy atom. The van der Waals surface area contributed by atoms with Gasteiger partial charge in [0.05, 0.1) is 5.92 Å². The van der Waals surface area contributed by atoms with Gasteiger partial charge in [-0.2, -0.15) is 13.2 Å². The van der Waals surface area contributed by atoms with E-state index in [1.807, 2.05) is 0 Å². The summed E-state index contributed by atoms with van der Waals surface area (Å²) in [6.07, 6.45) is -0.707. The molecular formula is C14H25F3N2. The van der Waals surface area contributed by atoms with Gasteiger partial charge in [-0.3, -0.25) is 4.90 Å². The van der Waals surface area contributed by atoms with E-state index >= 15 is 0 Å². The molecule has 1 heterocycles. The smallest absolute Gasteiger partial charge is 0.315 e. The van der Waals surface area contributed by atoms with Gasteiger partial charge in [0.25, 0.3) is 0 Å². The molecule has 5 heteroatoms. The Balaban J connectivity index is 2.03. The fourth-order valence-corrected chi connectivity index (χ4v) is 3.77. The van der Waals surface area contributed by atoms with Gasteiger partial charge < -0.3 is 5.32 Å². The number of alkyl halides is 3. The molecule has 4 unspecified atom stereocenters. The summed E-state index contributed by atoms with van der Waals surface area (Å²) in [7, 11) is 0. The monoisotopic (exact) mass is 278 g/mol. The second-order valence-electron chi connectivity index (χ2n) is 6.11. The van der Waals surface area contributed by atoms with Gasteiger partial charge in [0.1, 0.15) is 0 Å². The molecule has 1 aliphatic carbocycles. The summed E-state index contributed by atoms with van der Waals surface area (Å²) in [6, 6.07) is 0.342. The van der Waals surface area contributed by atoms with Gasteiger partial charge in [0.2, 0.25) is 0 Å². The molecule has 0 aromatic heterocycles. The highest BCUT2D eigenvalue weighted by molar-refractivity contribution is 4.91. The van der Waals surface area contributed by atoms with E-state index < -0.39 is 12.1 Å². The van der Waals surface area contributed by atoms with Crippen molar-refractivity contribution in [1.82, 2.24) is 10.2 Å². The van der Waals surface area contributed by atoms with Crippen LogP contribution in [0.15, 0.2) is 0 Å². The predicted octanol–water partition coefficient (Wildman–Crippen LogP) is 2.89. The van der Waals surface area contributed by atoms with Crippen molar-refractivity contribution in [2.24, 2.45) is 17.8 Å². The standard InChI is InChI=1S/C14H25F3N2/c1-3-11-4-5-13(10(11)2)19-7-6-18-8-12(9-19)14(15,16)17/h10-13,18H,3-9H2,1-2H3. The summed E-state index contributed by atoms with van der Waals surface area (Å²) >= 11 is 0. The van der Waals surface area contributed by atoms with Crippen LogP contribution in [0, 0.1) is 17.8 Å². The van der Waals surface area contributed by atoms with Crippen LogP contribution in [0.5, 0.6) is 0 Å². The number of rotatable bonds is 2. The lowest BCUT2D eigenvalue weighted by atomic mass is 9.92. The first kappa shape index (κ1) is 15.1. The third-order valence-electron chi connectivity index (χ3n) is 5.06. The minimum absolute atomic E-state index is 0.0678. The summed E-state index contributed by atoms with van der Waals surface area (Å²) in [5, 5.41) is 2.94. The highest BCUT2D eigenvalue weighted by atomic mass is 19.4. The lowest BCUT2D eigenvalue weighted by Crippen LogP contribution is -2.44. The van der Waals surface area contributed by atoms with E-state index in [0.29, 0.717) is 24.4 Å². The first-order chi connectivity index (χ1) is 8.93. The van der Waals surface area contributed by atoms with Crippen molar-refractivity contribution in [2.45, 2.75) is 45.3 Å². The minimum Gasteiger partial charge on any atom is -0.315 e. The molecule has 2 rings (SSSR count). The summed E-state index contributed by atoms with van der Waals surface area (Å²) in [6.45, 7) is 6.06. The number of nitrogens with one attached hydrogen (secondary N) is 1. The van der Waals surface area contributed by atoms with Crippen LogP contribution in [0.2, 0.25) is 0 Å². The van der Waals surface area contributed by atoms with Crippen LogP contribution >= 0.6 is 0 Å². The first-order valence-corrected chi connectivity index (χ1v) is 7.45. The maximum atomic E-state index is 13.0. The molecule has 4 atom stereocenters. The molecule has 1 aliphatic heterocycles. The van der Waals surface area contributed by atoms with E-state index in [4.69, 9.17) is 0 Å². The number of nitrogens with zero attached hydrogens (tertiary/aromatic N) is 1. The van der Waals surface area contributed by atoms with Crippen LogP contribution in [0.25, 0.3) is 0 Å². The van der Waals surface area contributed by atoms with E-state index in [1.54, 1.807) is 0 Å². The van der Waals surface area contributed by atoms with E-state index in [0.717, 1.165) is 19.4 Å². The second kappa shape index (κ2) is 6.00. The van der Waals surface area contributed by atoms with Crippen molar-refractivity contribution in [3.63, 3.8) is 0 Å². The van der Waals surface area contributed by atoms with Gasteiger partial charge in [0.15, 0.2) is 0 Å². The van der Waals surface area contributed by atoms with E-state index in [-0.39, 0.29) is 13.1 Å². The Kier molecular flexibility index (Phi) is 4.77. The molecule has 1 saturated carbocycles. The maximum Gasteiger partial charge on any atom is 0.394 e. The van der Waals surface area contributed by atoms with Crippen molar-refractivity contribution in [2.75, 3.05) is 26.2 Å². The highest BCUT2D eigenvalue weighted by Crippen LogP contribution is 2.38. The Morgan fingerprint density at radius 2 is 2.00 bits per heavy atom. The Hall–Kier alpha value is -0.290. The third-order valence-corrected chi connectivity index (χ3v) is 5.06. The van der Waals surface area contributed by atoms with Crippen LogP contribution in [0.1, 0.15) is 33.1 Å². The zero-order valence-electron chi connectivity index (χ0n) is 11.8. The van der Waals surface area contributed by atoms with Gasteiger partial charge >= 0.3 is 6.18 Å². The van der Waals surface area contributed by atoms with Crippen LogP contribution < -0.4 is 5.32 Å². The van der Waals surface area contributed by atoms with Crippen LogP contribution in [-0.2, 0) is 0 Å². The molecule has 0 radical (unpaired) electrons. The van der Waals surface area contributed by atoms with Crippen LogP contribution in [0.4, 0.5) is 13.2 Å². The Morgan fingerprint density at radius 1 is 1.26 bits per heavy atom. The molecule has 0 spiro atoms. The van der Waals surface area contributed by atoms with Crippen molar-refractivity contribution >= 4 is 0 Å². The van der Waals surface area contributed by atoms with Gasteiger partial charge in [-0.25, -0.2) is 0 Å². The minimum atomic E-state index is -4.08. The predicted molar refractivity (Wildman–Crippen MR) is 70.0 cm³/mol. The summed E-state index contributed by atoms with van der Waals surface area (Å²) in [4.78, 5) is 2.10. The number of halogens is 3. The molecule has 0 amide bonds. The molecular weight excluding hydrogens is 253 g/mol. The largest absolute Gasteiger partial charge is 0.394 e. The summed E-state index contributed by atoms with van der Waals surface area (Å²) in [5.41, 5.74) is 0. The fourth-order valence-electron chi connectivity index (χ4n) is 3.77. The molecule has 2 nitrogen and oxygen atoms in total. The quantitative estimate of drug-likeness (QED) is 0.835. The molecule has 0 bridgehead atoms. The zero-order chi connectivity index (χ0) is 14.0. The van der Waals surface area contributed by atoms with Crippen molar-refractivity contribution < 1.29 is 13.2 Å². The summed E-state index contributed by atoms with van der Waals surface area (Å²) in [5.74, 6) is -0.00888. The molecule has 2 aliphatic rings. The number of hydrogen-bond acceptors (Lipinski definition) is 2. The van der Waals surface area contributed by atoms with E-state index in [2.05, 4.69) is 24.1 Å². The van der Waals surface area contributed by atoms with Crippen LogP contribution in [0.3, 0.4) is 0 Å². The molecule has 0 aromatic rings. The average molecular weight is 278 g/mol. The number of hydrogen-bond donors (Lipinski definition) is 1. The summed E-state index contributed by atoms with van der Waals surface area (Å²) < 4.78 is 38.9. The zero-order valence-corrected chi connectivity index (χ0v) is 11.8. The molecule has 19 heavy (non-hydrogen) atoms. The van der Waals surface area contributed by atoms with Gasteiger partial charge in [0, 0.05) is 32.2 Å².